The Morgan fingerprint density at radius 3 is 2.33 bits per heavy atom. The molecule has 0 aliphatic carbocycles. The van der Waals surface area contributed by atoms with Crippen LogP contribution in [-0.2, 0) is 9.59 Å². The molecule has 0 radical (unpaired) electrons. The first-order valence-corrected chi connectivity index (χ1v) is 5.43. The maximum atomic E-state index is 11.1. The Bertz CT molecular complexity index is 465. The highest BCUT2D eigenvalue weighted by Crippen LogP contribution is 2.29. The molecule has 4 heteroatoms. The first kappa shape index (κ1) is 13.7. The van der Waals surface area contributed by atoms with Gasteiger partial charge in [0.1, 0.15) is 0 Å². The van der Waals surface area contributed by atoms with Gasteiger partial charge in [-0.1, -0.05) is 43.5 Å². The normalized spacial score (nSPS) is 17.4. The molecular formula is C14H15NO3. The van der Waals surface area contributed by atoms with E-state index in [0.29, 0.717) is 6.42 Å². The predicted molar refractivity (Wildman–Crippen MR) is 68.9 cm³/mol. The van der Waals surface area contributed by atoms with Crippen LogP contribution in [0.4, 0.5) is 0 Å². The molecule has 1 aromatic carbocycles. The van der Waals surface area contributed by atoms with Crippen molar-refractivity contribution in [2.75, 3.05) is 0 Å². The van der Waals surface area contributed by atoms with E-state index in [1.54, 1.807) is 0 Å². The van der Waals surface area contributed by atoms with E-state index in [9.17, 15) is 9.59 Å². The molecule has 0 spiro atoms. The van der Waals surface area contributed by atoms with Gasteiger partial charge in [-0.2, -0.15) is 0 Å². The molecule has 1 aliphatic rings. The Labute approximate surface area is 106 Å². The lowest BCUT2D eigenvalue weighted by atomic mass is 9.96. The molecule has 1 aliphatic heterocycles. The SMILES string of the molecule is C=C1NC(=O)CC1c1ccccc1.C=CC(=O)O. The molecule has 0 saturated carbocycles. The fraction of sp³-hybridized carbons (Fsp3) is 0.143. The molecule has 1 unspecified atom stereocenters. The van der Waals surface area contributed by atoms with Crippen LogP contribution >= 0.6 is 0 Å². The Morgan fingerprint density at radius 1 is 1.39 bits per heavy atom. The molecule has 1 amide bonds. The summed E-state index contributed by atoms with van der Waals surface area (Å²) >= 11 is 0. The molecule has 1 saturated heterocycles. The van der Waals surface area contributed by atoms with E-state index < -0.39 is 5.97 Å². The number of carbonyl (C=O) groups excluding carboxylic acids is 1. The third-order valence-corrected chi connectivity index (χ3v) is 2.49. The summed E-state index contributed by atoms with van der Waals surface area (Å²) in [5.74, 6) is -0.752. The van der Waals surface area contributed by atoms with E-state index in [4.69, 9.17) is 5.11 Å². The van der Waals surface area contributed by atoms with Crippen LogP contribution in [0.3, 0.4) is 0 Å². The van der Waals surface area contributed by atoms with Crippen LogP contribution in [0, 0.1) is 0 Å². The van der Waals surface area contributed by atoms with E-state index >= 15 is 0 Å². The van der Waals surface area contributed by atoms with Gasteiger partial charge in [-0.05, 0) is 5.56 Å². The lowest BCUT2D eigenvalue weighted by molar-refractivity contribution is -0.131. The predicted octanol–water partition coefficient (Wildman–Crippen LogP) is 2.06. The molecule has 0 aromatic heterocycles. The quantitative estimate of drug-likeness (QED) is 0.784. The van der Waals surface area contributed by atoms with Crippen LogP contribution in [0.2, 0.25) is 0 Å². The Balaban J connectivity index is 0.000000280. The summed E-state index contributed by atoms with van der Waals surface area (Å²) in [6.07, 6.45) is 1.36. The summed E-state index contributed by atoms with van der Waals surface area (Å²) < 4.78 is 0. The van der Waals surface area contributed by atoms with E-state index in [0.717, 1.165) is 17.3 Å². The molecular weight excluding hydrogens is 230 g/mol. The van der Waals surface area contributed by atoms with E-state index in [-0.39, 0.29) is 11.8 Å². The van der Waals surface area contributed by atoms with Crippen LogP contribution in [0.5, 0.6) is 0 Å². The number of nitrogens with one attached hydrogen (secondary N) is 1. The van der Waals surface area contributed by atoms with Gasteiger partial charge in [-0.3, -0.25) is 4.79 Å². The summed E-state index contributed by atoms with van der Waals surface area (Å²) in [6.45, 7) is 6.79. The monoisotopic (exact) mass is 245 g/mol. The summed E-state index contributed by atoms with van der Waals surface area (Å²) in [7, 11) is 0. The van der Waals surface area contributed by atoms with Gasteiger partial charge >= 0.3 is 5.97 Å². The fourth-order valence-electron chi connectivity index (χ4n) is 1.63. The molecule has 1 atom stereocenters. The third kappa shape index (κ3) is 3.90. The van der Waals surface area contributed by atoms with Crippen molar-refractivity contribution in [2.24, 2.45) is 0 Å². The van der Waals surface area contributed by atoms with Crippen molar-refractivity contribution in [1.82, 2.24) is 5.32 Å². The maximum Gasteiger partial charge on any atom is 0.327 e. The van der Waals surface area contributed by atoms with E-state index in [1.165, 1.54) is 0 Å². The second-order valence-electron chi connectivity index (χ2n) is 3.78. The van der Waals surface area contributed by atoms with Crippen molar-refractivity contribution in [1.29, 1.82) is 0 Å². The van der Waals surface area contributed by atoms with E-state index in [1.807, 2.05) is 30.3 Å². The first-order chi connectivity index (χ1) is 8.54. The fourth-order valence-corrected chi connectivity index (χ4v) is 1.63. The summed E-state index contributed by atoms with van der Waals surface area (Å²) in [5.41, 5.74) is 1.97. The second-order valence-corrected chi connectivity index (χ2v) is 3.78. The zero-order valence-electron chi connectivity index (χ0n) is 9.93. The summed E-state index contributed by atoms with van der Waals surface area (Å²) in [5, 5.41) is 10.3. The van der Waals surface area contributed by atoms with Gasteiger partial charge in [0, 0.05) is 24.1 Å². The number of carboxylic acids is 1. The van der Waals surface area contributed by atoms with Gasteiger partial charge in [-0.15, -0.1) is 0 Å². The Kier molecular flexibility index (Phi) is 4.87. The number of benzene rings is 1. The number of carboxylic acid groups (broad SMARTS) is 1. The molecule has 1 fully saturated rings. The average Bonchev–Trinajstić information content (AvgIpc) is 2.70. The standard InChI is InChI=1S/C11H11NO.C3H4O2/c1-8-10(7-11(13)12-8)9-5-3-2-4-6-9;1-2-3(4)5/h2-6,10H,1,7H2,(H,12,13);2H,1H2,(H,4,5). The summed E-state index contributed by atoms with van der Waals surface area (Å²) in [6, 6.07) is 9.97. The van der Waals surface area contributed by atoms with Crippen molar-refractivity contribution in [3.05, 3.63) is 60.8 Å². The maximum absolute atomic E-state index is 11.1. The zero-order valence-corrected chi connectivity index (χ0v) is 9.93. The molecule has 2 rings (SSSR count). The number of rotatable bonds is 2. The van der Waals surface area contributed by atoms with Gasteiger partial charge in [-0.25, -0.2) is 4.79 Å². The van der Waals surface area contributed by atoms with Crippen molar-refractivity contribution in [3.63, 3.8) is 0 Å². The molecule has 18 heavy (non-hydrogen) atoms. The first-order valence-electron chi connectivity index (χ1n) is 5.43. The van der Waals surface area contributed by atoms with Crippen LogP contribution in [0.25, 0.3) is 0 Å². The Hall–Kier alpha value is -2.36. The van der Waals surface area contributed by atoms with Crippen molar-refractivity contribution in [2.45, 2.75) is 12.3 Å². The second kappa shape index (κ2) is 6.39. The highest BCUT2D eigenvalue weighted by molar-refractivity contribution is 5.83. The molecule has 2 N–H and O–H groups in total. The van der Waals surface area contributed by atoms with Crippen molar-refractivity contribution >= 4 is 11.9 Å². The van der Waals surface area contributed by atoms with Crippen LogP contribution in [0.1, 0.15) is 17.9 Å². The van der Waals surface area contributed by atoms with Crippen LogP contribution in [-0.4, -0.2) is 17.0 Å². The third-order valence-electron chi connectivity index (χ3n) is 2.49. The molecule has 4 nitrogen and oxygen atoms in total. The highest BCUT2D eigenvalue weighted by Gasteiger charge is 2.26. The summed E-state index contributed by atoms with van der Waals surface area (Å²) in [4.78, 5) is 20.3. The average molecular weight is 245 g/mol. The number of amides is 1. The van der Waals surface area contributed by atoms with Gasteiger partial charge in [0.2, 0.25) is 5.91 Å². The van der Waals surface area contributed by atoms with Gasteiger partial charge in [0.15, 0.2) is 0 Å². The van der Waals surface area contributed by atoms with Crippen LogP contribution < -0.4 is 5.32 Å². The Morgan fingerprint density at radius 2 is 1.94 bits per heavy atom. The van der Waals surface area contributed by atoms with Crippen molar-refractivity contribution in [3.8, 4) is 0 Å². The number of hydrogen-bond donors (Lipinski definition) is 2. The van der Waals surface area contributed by atoms with Gasteiger partial charge in [0.05, 0.1) is 0 Å². The minimum absolute atomic E-state index is 0.0684. The largest absolute Gasteiger partial charge is 0.478 e. The topological polar surface area (TPSA) is 66.4 Å². The smallest absolute Gasteiger partial charge is 0.327 e. The molecule has 0 bridgehead atoms. The molecule has 1 heterocycles. The van der Waals surface area contributed by atoms with Gasteiger partial charge < -0.3 is 10.4 Å². The van der Waals surface area contributed by atoms with E-state index in [2.05, 4.69) is 18.5 Å². The van der Waals surface area contributed by atoms with Gasteiger partial charge in [0.25, 0.3) is 0 Å². The number of hydrogen-bond acceptors (Lipinski definition) is 2. The number of allylic oxidation sites excluding steroid dienone is 1. The minimum Gasteiger partial charge on any atom is -0.478 e. The number of aliphatic carboxylic acids is 1. The van der Waals surface area contributed by atoms with Crippen molar-refractivity contribution < 1.29 is 14.7 Å². The highest BCUT2D eigenvalue weighted by atomic mass is 16.4. The number of carbonyl (C=O) groups is 2. The lowest BCUT2D eigenvalue weighted by Crippen LogP contribution is -2.11. The minimum atomic E-state index is -0.981. The van der Waals surface area contributed by atoms with Crippen LogP contribution in [0.15, 0.2) is 55.3 Å². The molecule has 94 valence electrons. The lowest BCUT2D eigenvalue weighted by Gasteiger charge is -2.08. The zero-order chi connectivity index (χ0) is 13.5. The molecule has 1 aromatic rings.